The molecule has 1 rings (SSSR count). The van der Waals surface area contributed by atoms with Crippen LogP contribution in [0, 0.1) is 0 Å². The van der Waals surface area contributed by atoms with Gasteiger partial charge in [-0.05, 0) is 30.9 Å². The van der Waals surface area contributed by atoms with Crippen LogP contribution >= 0.6 is 0 Å². The van der Waals surface area contributed by atoms with E-state index in [4.69, 9.17) is 0 Å². The first-order valence-corrected chi connectivity index (χ1v) is 5.69. The first-order valence-electron chi connectivity index (χ1n) is 5.69. The zero-order valence-electron chi connectivity index (χ0n) is 9.35. The van der Waals surface area contributed by atoms with E-state index in [9.17, 15) is 15.0 Å². The Morgan fingerprint density at radius 3 is 2.56 bits per heavy atom. The van der Waals surface area contributed by atoms with Gasteiger partial charge in [0.05, 0.1) is 0 Å². The van der Waals surface area contributed by atoms with Crippen molar-refractivity contribution >= 4 is 6.29 Å². The summed E-state index contributed by atoms with van der Waals surface area (Å²) < 4.78 is 0. The van der Waals surface area contributed by atoms with Gasteiger partial charge in [-0.1, -0.05) is 25.0 Å². The zero-order valence-corrected chi connectivity index (χ0v) is 9.35. The minimum absolute atomic E-state index is 0.00427. The fraction of sp³-hybridized carbons (Fsp3) is 0.462. The number of hydrogen-bond donors (Lipinski definition) is 2. The molecule has 0 unspecified atom stereocenters. The topological polar surface area (TPSA) is 57.5 Å². The smallest absolute Gasteiger partial charge is 0.160 e. The third kappa shape index (κ3) is 3.93. The number of rotatable bonds is 7. The number of aromatic hydroxyl groups is 2. The lowest BCUT2D eigenvalue weighted by Gasteiger charge is -2.05. The molecule has 0 amide bonds. The van der Waals surface area contributed by atoms with Gasteiger partial charge in [0.1, 0.15) is 6.29 Å². The molecule has 0 fully saturated rings. The Hall–Kier alpha value is -1.51. The van der Waals surface area contributed by atoms with Crippen LogP contribution in [0.1, 0.15) is 37.7 Å². The summed E-state index contributed by atoms with van der Waals surface area (Å²) in [6.07, 6.45) is 6.34. The summed E-state index contributed by atoms with van der Waals surface area (Å²) >= 11 is 0. The molecular formula is C13H18O3. The molecule has 0 atom stereocenters. The van der Waals surface area contributed by atoms with E-state index in [1.54, 1.807) is 6.07 Å². The van der Waals surface area contributed by atoms with E-state index in [1.165, 1.54) is 6.07 Å². The van der Waals surface area contributed by atoms with Crippen molar-refractivity contribution in [3.05, 3.63) is 23.8 Å². The summed E-state index contributed by atoms with van der Waals surface area (Å²) in [5.41, 5.74) is 0.787. The van der Waals surface area contributed by atoms with Crippen LogP contribution < -0.4 is 0 Å². The fourth-order valence-electron chi connectivity index (χ4n) is 1.68. The summed E-state index contributed by atoms with van der Waals surface area (Å²) in [6.45, 7) is 0. The molecule has 0 saturated carbocycles. The average molecular weight is 222 g/mol. The van der Waals surface area contributed by atoms with Gasteiger partial charge in [0.15, 0.2) is 11.5 Å². The van der Waals surface area contributed by atoms with Crippen molar-refractivity contribution in [3.63, 3.8) is 0 Å². The maximum atomic E-state index is 10.1. The molecule has 3 nitrogen and oxygen atoms in total. The number of para-hydroxylation sites is 1. The van der Waals surface area contributed by atoms with E-state index in [2.05, 4.69) is 0 Å². The van der Waals surface area contributed by atoms with Gasteiger partial charge in [-0.25, -0.2) is 0 Å². The quantitative estimate of drug-likeness (QED) is 0.423. The minimum atomic E-state index is -0.0570. The molecule has 1 aromatic rings. The van der Waals surface area contributed by atoms with Gasteiger partial charge >= 0.3 is 0 Å². The van der Waals surface area contributed by atoms with Crippen LogP contribution in [0.25, 0.3) is 0 Å². The normalized spacial score (nSPS) is 10.2. The van der Waals surface area contributed by atoms with E-state index in [-0.39, 0.29) is 11.5 Å². The highest BCUT2D eigenvalue weighted by atomic mass is 16.3. The molecule has 0 saturated heterocycles. The molecule has 2 N–H and O–H groups in total. The van der Waals surface area contributed by atoms with Crippen molar-refractivity contribution in [3.8, 4) is 11.5 Å². The van der Waals surface area contributed by atoms with Crippen LogP contribution in [0.3, 0.4) is 0 Å². The highest BCUT2D eigenvalue weighted by Crippen LogP contribution is 2.29. The Morgan fingerprint density at radius 2 is 1.81 bits per heavy atom. The zero-order chi connectivity index (χ0) is 11.8. The van der Waals surface area contributed by atoms with Gasteiger partial charge in [-0.15, -0.1) is 0 Å². The van der Waals surface area contributed by atoms with Gasteiger partial charge in [0.2, 0.25) is 0 Å². The van der Waals surface area contributed by atoms with E-state index in [0.29, 0.717) is 6.42 Å². The van der Waals surface area contributed by atoms with Crippen LogP contribution in [0.4, 0.5) is 0 Å². The summed E-state index contributed by atoms with van der Waals surface area (Å²) in [5, 5.41) is 18.8. The molecule has 88 valence electrons. The lowest BCUT2D eigenvalue weighted by atomic mass is 10.0. The number of unbranched alkanes of at least 4 members (excludes halogenated alkanes) is 4. The molecule has 3 heteroatoms. The lowest BCUT2D eigenvalue weighted by Crippen LogP contribution is -1.87. The average Bonchev–Trinajstić information content (AvgIpc) is 2.29. The molecule has 0 aliphatic carbocycles. The van der Waals surface area contributed by atoms with Crippen molar-refractivity contribution < 1.29 is 15.0 Å². The number of carbonyl (C=O) groups is 1. The van der Waals surface area contributed by atoms with Crippen molar-refractivity contribution in [1.29, 1.82) is 0 Å². The molecule has 0 radical (unpaired) electrons. The predicted molar refractivity (Wildman–Crippen MR) is 62.6 cm³/mol. The third-order valence-corrected chi connectivity index (χ3v) is 2.62. The molecule has 16 heavy (non-hydrogen) atoms. The van der Waals surface area contributed by atoms with E-state index in [1.807, 2.05) is 6.07 Å². The molecule has 0 heterocycles. The number of hydrogen-bond acceptors (Lipinski definition) is 3. The summed E-state index contributed by atoms with van der Waals surface area (Å²) in [6, 6.07) is 5.03. The van der Waals surface area contributed by atoms with Crippen LogP contribution in [0.15, 0.2) is 18.2 Å². The maximum Gasteiger partial charge on any atom is 0.160 e. The van der Waals surface area contributed by atoms with E-state index < -0.39 is 0 Å². The van der Waals surface area contributed by atoms with Crippen LogP contribution in [-0.2, 0) is 11.2 Å². The lowest BCUT2D eigenvalue weighted by molar-refractivity contribution is -0.107. The van der Waals surface area contributed by atoms with Crippen LogP contribution in [-0.4, -0.2) is 16.5 Å². The van der Waals surface area contributed by atoms with Gasteiger partial charge < -0.3 is 15.0 Å². The molecule has 0 aliphatic heterocycles. The summed E-state index contributed by atoms with van der Waals surface area (Å²) in [7, 11) is 0. The second-order valence-electron chi connectivity index (χ2n) is 3.90. The molecule has 0 spiro atoms. The highest BCUT2D eigenvalue weighted by molar-refractivity contribution is 5.48. The van der Waals surface area contributed by atoms with Crippen molar-refractivity contribution in [2.24, 2.45) is 0 Å². The summed E-state index contributed by atoms with van der Waals surface area (Å²) in [4.78, 5) is 10.1. The fourth-order valence-corrected chi connectivity index (χ4v) is 1.68. The standard InChI is InChI=1S/C13H18O3/c14-10-5-3-1-2-4-7-11-8-6-9-12(15)13(11)16/h6,8-10,15-16H,1-5,7H2. The molecule has 0 aromatic heterocycles. The van der Waals surface area contributed by atoms with Crippen molar-refractivity contribution in [2.75, 3.05) is 0 Å². The highest BCUT2D eigenvalue weighted by Gasteiger charge is 2.04. The second-order valence-corrected chi connectivity index (χ2v) is 3.90. The molecule has 0 bridgehead atoms. The maximum absolute atomic E-state index is 10.1. The monoisotopic (exact) mass is 222 g/mol. The molecular weight excluding hydrogens is 204 g/mol. The number of benzene rings is 1. The van der Waals surface area contributed by atoms with Gasteiger partial charge in [-0.2, -0.15) is 0 Å². The Bertz CT molecular complexity index is 334. The first-order chi connectivity index (χ1) is 7.75. The van der Waals surface area contributed by atoms with Gasteiger partial charge in [0, 0.05) is 6.42 Å². The second kappa shape index (κ2) is 6.88. The van der Waals surface area contributed by atoms with Gasteiger partial charge in [-0.3, -0.25) is 0 Å². The minimum Gasteiger partial charge on any atom is -0.504 e. The van der Waals surface area contributed by atoms with Crippen molar-refractivity contribution in [2.45, 2.75) is 38.5 Å². The number of phenolic OH excluding ortho intramolecular Hbond substituents is 2. The van der Waals surface area contributed by atoms with E-state index >= 15 is 0 Å². The van der Waals surface area contributed by atoms with Crippen molar-refractivity contribution in [1.82, 2.24) is 0 Å². The number of carbonyl (C=O) groups excluding carboxylic acids is 1. The third-order valence-electron chi connectivity index (χ3n) is 2.62. The van der Waals surface area contributed by atoms with E-state index in [0.717, 1.165) is 44.0 Å². The predicted octanol–water partition coefficient (Wildman–Crippen LogP) is 2.79. The Morgan fingerprint density at radius 1 is 1.06 bits per heavy atom. The Balaban J connectivity index is 2.26. The van der Waals surface area contributed by atoms with Crippen LogP contribution in [0.2, 0.25) is 0 Å². The van der Waals surface area contributed by atoms with Gasteiger partial charge in [0.25, 0.3) is 0 Å². The Kier molecular flexibility index (Phi) is 5.40. The number of phenols is 2. The molecule has 0 aliphatic rings. The SMILES string of the molecule is O=CCCCCCCc1cccc(O)c1O. The van der Waals surface area contributed by atoms with Crippen LogP contribution in [0.5, 0.6) is 11.5 Å². The summed E-state index contributed by atoms with van der Waals surface area (Å²) in [5.74, 6) is -0.0613. The largest absolute Gasteiger partial charge is 0.504 e. The number of aryl methyl sites for hydroxylation is 1. The molecule has 1 aromatic carbocycles. The number of aldehydes is 1. The first kappa shape index (κ1) is 12.6. The Labute approximate surface area is 95.7 Å².